The molecule has 0 aliphatic carbocycles. The van der Waals surface area contributed by atoms with Gasteiger partial charge in [-0.15, -0.1) is 0 Å². The number of nitrogens with one attached hydrogen (secondary N) is 3. The van der Waals surface area contributed by atoms with Gasteiger partial charge in [0.15, 0.2) is 0 Å². The quantitative estimate of drug-likeness (QED) is 0.524. The number of benzene rings is 1. The minimum atomic E-state index is -0.765. The van der Waals surface area contributed by atoms with Crippen LogP contribution in [0.4, 0.5) is 19.3 Å². The first-order chi connectivity index (χ1) is 15.0. The van der Waals surface area contributed by atoms with E-state index in [-0.39, 0.29) is 30.0 Å². The van der Waals surface area contributed by atoms with E-state index < -0.39 is 29.8 Å². The fraction of sp³-hybridized carbons (Fsp3) is 0.400. The van der Waals surface area contributed by atoms with Gasteiger partial charge in [0.25, 0.3) is 5.91 Å². The standard InChI is InChI=1S/C20H23F2N5O4/c21-12-1-3-14(22)16(9-12)27-20(30)26-15-4-2-13(31-18(15)11-28)5-6-25-19(29)17-10-23-7-8-24-17/h1,3,7-10,13,15,18,28H,2,4-6,11H2,(H,25,29)(H2,26,27,30)/t13-,15-,18-/m0/s1. The maximum absolute atomic E-state index is 13.7. The predicted octanol–water partition coefficient (Wildman–Crippen LogP) is 1.60. The fourth-order valence-electron chi connectivity index (χ4n) is 3.28. The second kappa shape index (κ2) is 10.7. The van der Waals surface area contributed by atoms with E-state index in [9.17, 15) is 23.5 Å². The third-order valence-electron chi connectivity index (χ3n) is 4.84. The Bertz CT molecular complexity index is 902. The number of aliphatic hydroxyl groups is 1. The van der Waals surface area contributed by atoms with Crippen LogP contribution in [-0.2, 0) is 4.74 Å². The van der Waals surface area contributed by atoms with Crippen LogP contribution in [0.3, 0.4) is 0 Å². The minimum absolute atomic E-state index is 0.213. The van der Waals surface area contributed by atoms with Crippen LogP contribution in [0, 0.1) is 11.6 Å². The number of carbonyl (C=O) groups excluding carboxylic acids is 2. The molecule has 1 aliphatic rings. The molecule has 9 nitrogen and oxygen atoms in total. The van der Waals surface area contributed by atoms with Crippen molar-refractivity contribution in [3.8, 4) is 0 Å². The van der Waals surface area contributed by atoms with Gasteiger partial charge in [-0.25, -0.2) is 18.6 Å². The SMILES string of the molecule is O=C(Nc1cc(F)ccc1F)N[C@H]1CC[C@@H](CCNC(=O)c2cnccn2)O[C@H]1CO. The lowest BCUT2D eigenvalue weighted by molar-refractivity contribution is -0.0886. The molecular weight excluding hydrogens is 412 g/mol. The van der Waals surface area contributed by atoms with Crippen LogP contribution in [0.15, 0.2) is 36.8 Å². The van der Waals surface area contributed by atoms with Crippen LogP contribution in [-0.4, -0.2) is 58.4 Å². The van der Waals surface area contributed by atoms with Crippen molar-refractivity contribution in [3.05, 3.63) is 54.1 Å². The van der Waals surface area contributed by atoms with E-state index in [2.05, 4.69) is 25.9 Å². The molecule has 0 unspecified atom stereocenters. The lowest BCUT2D eigenvalue weighted by Gasteiger charge is -2.36. The molecule has 3 atom stereocenters. The van der Waals surface area contributed by atoms with Crippen LogP contribution >= 0.6 is 0 Å². The maximum atomic E-state index is 13.7. The van der Waals surface area contributed by atoms with Gasteiger partial charge in [-0.2, -0.15) is 0 Å². The molecule has 2 heterocycles. The number of anilines is 1. The van der Waals surface area contributed by atoms with Gasteiger partial charge in [0.05, 0.1) is 30.6 Å². The first-order valence-corrected chi connectivity index (χ1v) is 9.79. The van der Waals surface area contributed by atoms with Gasteiger partial charge < -0.3 is 25.8 Å². The second-order valence-electron chi connectivity index (χ2n) is 7.02. The Hall–Kier alpha value is -3.18. The number of rotatable bonds is 7. The van der Waals surface area contributed by atoms with Crippen molar-refractivity contribution >= 4 is 17.6 Å². The number of aromatic nitrogens is 2. The first-order valence-electron chi connectivity index (χ1n) is 9.79. The number of urea groups is 1. The van der Waals surface area contributed by atoms with E-state index in [0.717, 1.165) is 18.2 Å². The summed E-state index contributed by atoms with van der Waals surface area (Å²) in [4.78, 5) is 31.9. The van der Waals surface area contributed by atoms with Crippen molar-refractivity contribution in [2.24, 2.45) is 0 Å². The molecule has 1 aromatic heterocycles. The highest BCUT2D eigenvalue weighted by Gasteiger charge is 2.32. The number of hydrogen-bond donors (Lipinski definition) is 4. The molecule has 31 heavy (non-hydrogen) atoms. The van der Waals surface area contributed by atoms with Gasteiger partial charge in [-0.1, -0.05) is 0 Å². The summed E-state index contributed by atoms with van der Waals surface area (Å²) >= 11 is 0. The number of amides is 3. The van der Waals surface area contributed by atoms with Crippen molar-refractivity contribution < 1.29 is 28.2 Å². The molecule has 0 bridgehead atoms. The zero-order valence-electron chi connectivity index (χ0n) is 16.6. The number of halogens is 2. The molecule has 4 N–H and O–H groups in total. The van der Waals surface area contributed by atoms with E-state index in [1.807, 2.05) is 0 Å². The summed E-state index contributed by atoms with van der Waals surface area (Å²) in [6, 6.07) is 1.50. The van der Waals surface area contributed by atoms with E-state index in [1.165, 1.54) is 18.6 Å². The molecule has 2 aromatic rings. The Morgan fingerprint density at radius 1 is 1.23 bits per heavy atom. The molecular formula is C20H23F2N5O4. The van der Waals surface area contributed by atoms with E-state index in [4.69, 9.17) is 4.74 Å². The highest BCUT2D eigenvalue weighted by Crippen LogP contribution is 2.22. The average Bonchev–Trinajstić information content (AvgIpc) is 2.77. The van der Waals surface area contributed by atoms with Crippen LogP contribution < -0.4 is 16.0 Å². The van der Waals surface area contributed by atoms with Crippen LogP contribution in [0.2, 0.25) is 0 Å². The van der Waals surface area contributed by atoms with Crippen molar-refractivity contribution in [2.75, 3.05) is 18.5 Å². The number of ether oxygens (including phenoxy) is 1. The smallest absolute Gasteiger partial charge is 0.319 e. The Morgan fingerprint density at radius 3 is 2.81 bits per heavy atom. The summed E-state index contributed by atoms with van der Waals surface area (Å²) < 4.78 is 32.7. The lowest BCUT2D eigenvalue weighted by Crippen LogP contribution is -2.52. The zero-order chi connectivity index (χ0) is 22.2. The van der Waals surface area contributed by atoms with Gasteiger partial charge in [0, 0.05) is 25.0 Å². The van der Waals surface area contributed by atoms with Gasteiger partial charge in [-0.05, 0) is 31.4 Å². The second-order valence-corrected chi connectivity index (χ2v) is 7.02. The lowest BCUT2D eigenvalue weighted by atomic mass is 9.97. The van der Waals surface area contributed by atoms with E-state index in [1.54, 1.807) is 0 Å². The first kappa shape index (κ1) is 22.5. The fourth-order valence-corrected chi connectivity index (χ4v) is 3.28. The molecule has 166 valence electrons. The van der Waals surface area contributed by atoms with Crippen molar-refractivity contribution in [1.29, 1.82) is 0 Å². The van der Waals surface area contributed by atoms with Gasteiger partial charge >= 0.3 is 6.03 Å². The maximum Gasteiger partial charge on any atom is 0.319 e. The summed E-state index contributed by atoms with van der Waals surface area (Å²) in [5.41, 5.74) is -0.0724. The summed E-state index contributed by atoms with van der Waals surface area (Å²) in [5.74, 6) is -1.79. The summed E-state index contributed by atoms with van der Waals surface area (Å²) in [7, 11) is 0. The average molecular weight is 435 g/mol. The third kappa shape index (κ3) is 6.40. The normalized spacial score (nSPS) is 20.7. The molecule has 3 rings (SSSR count). The van der Waals surface area contributed by atoms with Gasteiger partial charge in [-0.3, -0.25) is 9.78 Å². The molecule has 1 aromatic carbocycles. The molecule has 3 amide bonds. The number of aliphatic hydroxyl groups excluding tert-OH is 1. The summed E-state index contributed by atoms with van der Waals surface area (Å²) in [6.45, 7) is 0.0113. The van der Waals surface area contributed by atoms with Crippen molar-refractivity contribution in [3.63, 3.8) is 0 Å². The minimum Gasteiger partial charge on any atom is -0.394 e. The Balaban J connectivity index is 1.45. The van der Waals surface area contributed by atoms with E-state index >= 15 is 0 Å². The molecule has 11 heteroatoms. The highest BCUT2D eigenvalue weighted by atomic mass is 19.1. The topological polar surface area (TPSA) is 125 Å². The Kier molecular flexibility index (Phi) is 7.79. The highest BCUT2D eigenvalue weighted by molar-refractivity contribution is 5.91. The largest absolute Gasteiger partial charge is 0.394 e. The van der Waals surface area contributed by atoms with Crippen LogP contribution in [0.1, 0.15) is 29.8 Å². The third-order valence-corrected chi connectivity index (χ3v) is 4.84. The zero-order valence-corrected chi connectivity index (χ0v) is 16.6. The van der Waals surface area contributed by atoms with Gasteiger partial charge in [0.1, 0.15) is 23.4 Å². The van der Waals surface area contributed by atoms with Gasteiger partial charge in [0.2, 0.25) is 0 Å². The van der Waals surface area contributed by atoms with Crippen molar-refractivity contribution in [1.82, 2.24) is 20.6 Å². The monoisotopic (exact) mass is 435 g/mol. The van der Waals surface area contributed by atoms with Crippen LogP contribution in [0.25, 0.3) is 0 Å². The molecule has 1 saturated heterocycles. The number of carbonyl (C=O) groups is 2. The predicted molar refractivity (Wildman–Crippen MR) is 106 cm³/mol. The Morgan fingerprint density at radius 2 is 2.06 bits per heavy atom. The molecule has 0 spiro atoms. The summed E-state index contributed by atoms with van der Waals surface area (Å²) in [6.07, 6.45) is 4.97. The van der Waals surface area contributed by atoms with Crippen molar-refractivity contribution in [2.45, 2.75) is 37.5 Å². The summed E-state index contributed by atoms with van der Waals surface area (Å²) in [5, 5.41) is 17.2. The number of nitrogens with zero attached hydrogens (tertiary/aromatic N) is 2. The Labute approximate surface area is 177 Å². The molecule has 0 radical (unpaired) electrons. The molecule has 1 aliphatic heterocycles. The number of hydrogen-bond acceptors (Lipinski definition) is 6. The van der Waals surface area contributed by atoms with E-state index in [0.29, 0.717) is 25.8 Å². The molecule has 1 fully saturated rings. The van der Waals surface area contributed by atoms with Crippen LogP contribution in [0.5, 0.6) is 0 Å². The molecule has 0 saturated carbocycles.